The van der Waals surface area contributed by atoms with Crippen LogP contribution >= 0.6 is 23.2 Å². The van der Waals surface area contributed by atoms with Gasteiger partial charge >= 0.3 is 0 Å². The number of rotatable bonds is 2. The zero-order chi connectivity index (χ0) is 9.14. The standard InChI is InChI=1S/C10H11Cl2/c1-7(2)6-8-9(11)4-3-5-10(8)12/h4-5,7H,6H2,1-2H3. The third-order valence-electron chi connectivity index (χ3n) is 1.61. The van der Waals surface area contributed by atoms with E-state index in [9.17, 15) is 0 Å². The molecule has 0 atom stereocenters. The van der Waals surface area contributed by atoms with E-state index in [-0.39, 0.29) is 0 Å². The molecular weight excluding hydrogens is 191 g/mol. The molecule has 0 saturated carbocycles. The third-order valence-corrected chi connectivity index (χ3v) is 2.28. The molecule has 12 heavy (non-hydrogen) atoms. The lowest BCUT2D eigenvalue weighted by molar-refractivity contribution is 0.647. The van der Waals surface area contributed by atoms with Crippen molar-refractivity contribution in [3.05, 3.63) is 33.8 Å². The van der Waals surface area contributed by atoms with Gasteiger partial charge in [0.05, 0.1) is 0 Å². The Kier molecular flexibility index (Phi) is 3.42. The van der Waals surface area contributed by atoms with Crippen molar-refractivity contribution >= 4 is 23.2 Å². The third kappa shape index (κ3) is 2.40. The van der Waals surface area contributed by atoms with E-state index in [1.807, 2.05) is 0 Å². The number of hydrogen-bond acceptors (Lipinski definition) is 0. The number of hydrogen-bond donors (Lipinski definition) is 0. The maximum absolute atomic E-state index is 5.96. The molecule has 1 radical (unpaired) electrons. The minimum atomic E-state index is 0.572. The van der Waals surface area contributed by atoms with Crippen LogP contribution in [0, 0.1) is 12.0 Å². The molecule has 1 aromatic carbocycles. The van der Waals surface area contributed by atoms with E-state index in [0.29, 0.717) is 5.92 Å². The molecule has 1 aromatic rings. The fraction of sp³-hybridized carbons (Fsp3) is 0.400. The summed E-state index contributed by atoms with van der Waals surface area (Å²) < 4.78 is 0. The fourth-order valence-corrected chi connectivity index (χ4v) is 1.61. The van der Waals surface area contributed by atoms with Gasteiger partial charge in [0.15, 0.2) is 0 Å². The average Bonchev–Trinajstić information content (AvgIpc) is 1.97. The Balaban J connectivity index is 2.96. The molecule has 0 spiro atoms. The van der Waals surface area contributed by atoms with Gasteiger partial charge in [0, 0.05) is 10.0 Å². The summed E-state index contributed by atoms with van der Waals surface area (Å²) >= 11 is 11.9. The second-order valence-corrected chi connectivity index (χ2v) is 4.04. The summed E-state index contributed by atoms with van der Waals surface area (Å²) in [4.78, 5) is 0. The zero-order valence-electron chi connectivity index (χ0n) is 7.20. The molecule has 0 unspecified atom stereocenters. The topological polar surface area (TPSA) is 0 Å². The second kappa shape index (κ2) is 4.15. The molecule has 0 aromatic heterocycles. The monoisotopic (exact) mass is 201 g/mol. The molecule has 0 saturated heterocycles. The molecule has 0 aliphatic carbocycles. The molecule has 0 amide bonds. The van der Waals surface area contributed by atoms with Gasteiger partial charge in [0.25, 0.3) is 0 Å². The highest BCUT2D eigenvalue weighted by molar-refractivity contribution is 6.35. The smallest absolute Gasteiger partial charge is 0.0459 e. The summed E-state index contributed by atoms with van der Waals surface area (Å²) in [6, 6.07) is 6.39. The second-order valence-electron chi connectivity index (χ2n) is 3.23. The zero-order valence-corrected chi connectivity index (χ0v) is 8.71. The molecule has 0 N–H and O–H groups in total. The van der Waals surface area contributed by atoms with Crippen LogP contribution in [0.15, 0.2) is 12.1 Å². The Morgan fingerprint density at radius 3 is 2.17 bits per heavy atom. The van der Waals surface area contributed by atoms with E-state index in [4.69, 9.17) is 23.2 Å². The summed E-state index contributed by atoms with van der Waals surface area (Å²) in [6.45, 7) is 4.28. The quantitative estimate of drug-likeness (QED) is 0.680. The molecule has 0 aliphatic heterocycles. The Labute approximate surface area is 83.5 Å². The van der Waals surface area contributed by atoms with Crippen LogP contribution in [0.2, 0.25) is 10.0 Å². The summed E-state index contributed by atoms with van der Waals surface area (Å²) in [7, 11) is 0. The van der Waals surface area contributed by atoms with Crippen LogP contribution in [0.1, 0.15) is 19.4 Å². The van der Waals surface area contributed by atoms with Crippen molar-refractivity contribution in [2.45, 2.75) is 20.3 Å². The SMILES string of the molecule is CC(C)Cc1c(Cl)c[c]cc1Cl. The van der Waals surface area contributed by atoms with Crippen molar-refractivity contribution in [3.8, 4) is 0 Å². The summed E-state index contributed by atoms with van der Waals surface area (Å²) in [6.07, 6.45) is 0.923. The lowest BCUT2D eigenvalue weighted by Crippen LogP contribution is -1.95. The summed E-state index contributed by atoms with van der Waals surface area (Å²) in [5.41, 5.74) is 1.03. The highest BCUT2D eigenvalue weighted by atomic mass is 35.5. The van der Waals surface area contributed by atoms with Crippen molar-refractivity contribution in [2.75, 3.05) is 0 Å². The molecule has 0 bridgehead atoms. The average molecular weight is 202 g/mol. The van der Waals surface area contributed by atoms with E-state index in [0.717, 1.165) is 22.0 Å². The molecule has 0 heterocycles. The van der Waals surface area contributed by atoms with E-state index < -0.39 is 0 Å². The lowest BCUT2D eigenvalue weighted by Gasteiger charge is -2.08. The Bertz CT molecular complexity index is 246. The van der Waals surface area contributed by atoms with E-state index in [1.54, 1.807) is 12.1 Å². The van der Waals surface area contributed by atoms with Gasteiger partial charge in [-0.2, -0.15) is 0 Å². The Morgan fingerprint density at radius 1 is 1.25 bits per heavy atom. The van der Waals surface area contributed by atoms with Crippen LogP contribution in [0.4, 0.5) is 0 Å². The Morgan fingerprint density at radius 2 is 1.75 bits per heavy atom. The van der Waals surface area contributed by atoms with E-state index in [2.05, 4.69) is 19.9 Å². The molecule has 0 aliphatic rings. The van der Waals surface area contributed by atoms with Crippen LogP contribution in [-0.4, -0.2) is 0 Å². The first kappa shape index (κ1) is 9.88. The number of halogens is 2. The van der Waals surface area contributed by atoms with Gasteiger partial charge < -0.3 is 0 Å². The summed E-state index contributed by atoms with van der Waals surface area (Å²) in [5.74, 6) is 0.572. The van der Waals surface area contributed by atoms with Crippen LogP contribution in [0.5, 0.6) is 0 Å². The lowest BCUT2D eigenvalue weighted by atomic mass is 10.0. The first-order valence-corrected chi connectivity index (χ1v) is 4.71. The minimum absolute atomic E-state index is 0.572. The van der Waals surface area contributed by atoms with E-state index in [1.165, 1.54) is 0 Å². The van der Waals surface area contributed by atoms with Gasteiger partial charge in [-0.15, -0.1) is 0 Å². The minimum Gasteiger partial charge on any atom is -0.0840 e. The molecular formula is C10H11Cl2. The predicted molar refractivity (Wildman–Crippen MR) is 53.8 cm³/mol. The van der Waals surface area contributed by atoms with E-state index >= 15 is 0 Å². The maximum atomic E-state index is 5.96. The van der Waals surface area contributed by atoms with Gasteiger partial charge in [-0.1, -0.05) is 37.0 Å². The summed E-state index contributed by atoms with van der Waals surface area (Å²) in [5, 5.41) is 1.44. The fourth-order valence-electron chi connectivity index (χ4n) is 1.08. The predicted octanol–water partition coefficient (Wildman–Crippen LogP) is 3.99. The normalized spacial score (nSPS) is 10.8. The molecule has 2 heteroatoms. The van der Waals surface area contributed by atoms with Crippen molar-refractivity contribution < 1.29 is 0 Å². The van der Waals surface area contributed by atoms with Crippen molar-refractivity contribution in [1.29, 1.82) is 0 Å². The van der Waals surface area contributed by atoms with Crippen LogP contribution in [-0.2, 0) is 6.42 Å². The van der Waals surface area contributed by atoms with Crippen LogP contribution < -0.4 is 0 Å². The van der Waals surface area contributed by atoms with Crippen molar-refractivity contribution in [2.24, 2.45) is 5.92 Å². The highest BCUT2D eigenvalue weighted by Gasteiger charge is 2.06. The van der Waals surface area contributed by atoms with Crippen molar-refractivity contribution in [1.82, 2.24) is 0 Å². The largest absolute Gasteiger partial charge is 0.0840 e. The molecule has 1 rings (SSSR count). The van der Waals surface area contributed by atoms with Gasteiger partial charge in [0.2, 0.25) is 0 Å². The Hall–Kier alpha value is -0.200. The first-order valence-electron chi connectivity index (χ1n) is 3.95. The highest BCUT2D eigenvalue weighted by Crippen LogP contribution is 2.26. The van der Waals surface area contributed by atoms with Gasteiger partial charge in [-0.3, -0.25) is 0 Å². The van der Waals surface area contributed by atoms with Gasteiger partial charge in [0.1, 0.15) is 0 Å². The van der Waals surface area contributed by atoms with Gasteiger partial charge in [-0.05, 0) is 36.1 Å². The van der Waals surface area contributed by atoms with Crippen LogP contribution in [0.3, 0.4) is 0 Å². The molecule has 65 valence electrons. The number of benzene rings is 1. The van der Waals surface area contributed by atoms with Crippen LogP contribution in [0.25, 0.3) is 0 Å². The van der Waals surface area contributed by atoms with Crippen molar-refractivity contribution in [3.63, 3.8) is 0 Å². The first-order chi connectivity index (χ1) is 5.61. The molecule has 0 fully saturated rings. The van der Waals surface area contributed by atoms with Gasteiger partial charge in [-0.25, -0.2) is 0 Å². The maximum Gasteiger partial charge on any atom is 0.0459 e. The molecule has 0 nitrogen and oxygen atoms in total.